The Morgan fingerprint density at radius 3 is 2.28 bits per heavy atom. The van der Waals surface area contributed by atoms with Gasteiger partial charge in [-0.25, -0.2) is 4.79 Å². The third-order valence-corrected chi connectivity index (χ3v) is 5.87. The van der Waals surface area contributed by atoms with Crippen LogP contribution < -0.4 is 10.6 Å². The maximum absolute atomic E-state index is 13.8. The van der Waals surface area contributed by atoms with Crippen LogP contribution in [0.15, 0.2) is 48.5 Å². The summed E-state index contributed by atoms with van der Waals surface area (Å²) in [6.07, 6.45) is -0.0758. The Kier molecular flexibility index (Phi) is 10.8. The van der Waals surface area contributed by atoms with Crippen LogP contribution in [0.1, 0.15) is 62.4 Å². The molecule has 0 aliphatic heterocycles. The van der Waals surface area contributed by atoms with Gasteiger partial charge in [0.25, 0.3) is 0 Å². The van der Waals surface area contributed by atoms with E-state index in [9.17, 15) is 14.4 Å². The number of carbonyl (C=O) groups is 3. The molecule has 196 valence electrons. The topological polar surface area (TPSA) is 87.7 Å². The number of rotatable bonds is 10. The molecule has 2 aromatic carbocycles. The highest BCUT2D eigenvalue weighted by molar-refractivity contribution is 7.80. The summed E-state index contributed by atoms with van der Waals surface area (Å²) in [6.45, 7) is 11.8. The Hall–Kier alpha value is -3.00. The molecule has 8 heteroatoms. The van der Waals surface area contributed by atoms with E-state index < -0.39 is 29.7 Å². The fraction of sp³-hybridized carbons (Fsp3) is 0.464. The number of benzene rings is 2. The van der Waals surface area contributed by atoms with E-state index in [0.29, 0.717) is 19.5 Å². The summed E-state index contributed by atoms with van der Waals surface area (Å²) in [5.41, 5.74) is 2.96. The molecule has 2 aromatic rings. The molecule has 0 radical (unpaired) electrons. The van der Waals surface area contributed by atoms with E-state index in [-0.39, 0.29) is 11.7 Å². The standard InChI is InChI=1S/C28H39N3O4S/c1-7-15-31(26(33)23(18-36)30-27(34)35-28(4,5)6)24(22-14-13-19(2)16-20(22)3)25(32)29-17-21-11-9-8-10-12-21/h8-14,16,23-24,36H,7,15,17-18H2,1-6H3,(H,29,32)(H,30,34). The van der Waals surface area contributed by atoms with Gasteiger partial charge in [-0.15, -0.1) is 0 Å². The highest BCUT2D eigenvalue weighted by Gasteiger charge is 2.36. The zero-order valence-corrected chi connectivity index (χ0v) is 23.0. The van der Waals surface area contributed by atoms with Crippen molar-refractivity contribution < 1.29 is 19.1 Å². The number of nitrogens with zero attached hydrogens (tertiary/aromatic N) is 1. The Balaban J connectivity index is 2.41. The lowest BCUT2D eigenvalue weighted by Gasteiger charge is -2.34. The van der Waals surface area contributed by atoms with Crippen molar-refractivity contribution in [2.75, 3.05) is 12.3 Å². The molecule has 0 heterocycles. The minimum absolute atomic E-state index is 0.0591. The molecular formula is C28H39N3O4S. The molecule has 7 nitrogen and oxygen atoms in total. The molecule has 2 atom stereocenters. The fourth-order valence-corrected chi connectivity index (χ4v) is 4.16. The molecule has 0 aromatic heterocycles. The molecule has 2 unspecified atom stereocenters. The first-order valence-electron chi connectivity index (χ1n) is 12.3. The van der Waals surface area contributed by atoms with Crippen molar-refractivity contribution in [1.82, 2.24) is 15.5 Å². The normalized spacial score (nSPS) is 12.9. The third-order valence-electron chi connectivity index (χ3n) is 5.51. The Morgan fingerprint density at radius 1 is 1.06 bits per heavy atom. The van der Waals surface area contributed by atoms with E-state index in [1.165, 1.54) is 4.90 Å². The fourth-order valence-electron chi connectivity index (χ4n) is 3.91. The summed E-state index contributed by atoms with van der Waals surface area (Å²) >= 11 is 4.32. The second-order valence-corrected chi connectivity index (χ2v) is 10.2. The second-order valence-electron chi connectivity index (χ2n) is 9.88. The Labute approximate surface area is 220 Å². The molecule has 0 spiro atoms. The number of aryl methyl sites for hydroxylation is 2. The van der Waals surface area contributed by atoms with Gasteiger partial charge in [-0.2, -0.15) is 12.6 Å². The number of amides is 3. The van der Waals surface area contributed by atoms with Crippen molar-refractivity contribution in [3.05, 3.63) is 70.8 Å². The lowest BCUT2D eigenvalue weighted by Crippen LogP contribution is -2.54. The number of ether oxygens (including phenoxy) is 1. The molecular weight excluding hydrogens is 474 g/mol. The summed E-state index contributed by atoms with van der Waals surface area (Å²) in [5.74, 6) is -0.621. The van der Waals surface area contributed by atoms with Gasteiger partial charge < -0.3 is 20.3 Å². The maximum Gasteiger partial charge on any atom is 0.408 e. The van der Waals surface area contributed by atoms with Gasteiger partial charge in [0.15, 0.2) is 0 Å². The van der Waals surface area contributed by atoms with Crippen LogP contribution in [0.2, 0.25) is 0 Å². The van der Waals surface area contributed by atoms with Crippen molar-refractivity contribution in [3.63, 3.8) is 0 Å². The van der Waals surface area contributed by atoms with Gasteiger partial charge in [0, 0.05) is 18.8 Å². The first-order chi connectivity index (χ1) is 17.0. The summed E-state index contributed by atoms with van der Waals surface area (Å²) < 4.78 is 5.34. The van der Waals surface area contributed by atoms with Crippen LogP contribution in [-0.4, -0.2) is 46.7 Å². The summed E-state index contributed by atoms with van der Waals surface area (Å²) in [7, 11) is 0. The van der Waals surface area contributed by atoms with Gasteiger partial charge in [0.1, 0.15) is 17.7 Å². The number of alkyl carbamates (subject to hydrolysis) is 1. The lowest BCUT2D eigenvalue weighted by atomic mass is 9.96. The van der Waals surface area contributed by atoms with Gasteiger partial charge in [-0.1, -0.05) is 61.0 Å². The summed E-state index contributed by atoms with van der Waals surface area (Å²) in [5, 5.41) is 5.63. The molecule has 0 aliphatic carbocycles. The van der Waals surface area contributed by atoms with E-state index >= 15 is 0 Å². The largest absolute Gasteiger partial charge is 0.444 e. The quantitative estimate of drug-likeness (QED) is 0.401. The van der Waals surface area contributed by atoms with Gasteiger partial charge in [0.2, 0.25) is 11.8 Å². The molecule has 0 fully saturated rings. The van der Waals surface area contributed by atoms with Gasteiger partial charge in [-0.3, -0.25) is 9.59 Å². The molecule has 36 heavy (non-hydrogen) atoms. The number of nitrogens with one attached hydrogen (secondary N) is 2. The Morgan fingerprint density at radius 2 is 1.72 bits per heavy atom. The van der Waals surface area contributed by atoms with E-state index in [1.54, 1.807) is 20.8 Å². The van der Waals surface area contributed by atoms with Crippen molar-refractivity contribution >= 4 is 30.5 Å². The zero-order chi connectivity index (χ0) is 26.9. The van der Waals surface area contributed by atoms with Crippen LogP contribution in [0.5, 0.6) is 0 Å². The average Bonchev–Trinajstić information content (AvgIpc) is 2.81. The lowest BCUT2D eigenvalue weighted by molar-refractivity contribution is -0.142. The van der Waals surface area contributed by atoms with Crippen LogP contribution in [0, 0.1) is 13.8 Å². The molecule has 0 saturated heterocycles. The van der Waals surface area contributed by atoms with Crippen LogP contribution in [0.4, 0.5) is 4.79 Å². The monoisotopic (exact) mass is 513 g/mol. The van der Waals surface area contributed by atoms with E-state index in [0.717, 1.165) is 22.3 Å². The molecule has 0 bridgehead atoms. The first kappa shape index (κ1) is 29.2. The van der Waals surface area contributed by atoms with Crippen molar-refractivity contribution in [1.29, 1.82) is 0 Å². The number of hydrogen-bond acceptors (Lipinski definition) is 5. The number of thiol groups is 1. The highest BCUT2D eigenvalue weighted by atomic mass is 32.1. The Bertz CT molecular complexity index is 1040. The van der Waals surface area contributed by atoms with Gasteiger partial charge >= 0.3 is 6.09 Å². The second kappa shape index (κ2) is 13.3. The predicted octanol–water partition coefficient (Wildman–Crippen LogP) is 4.72. The average molecular weight is 514 g/mol. The number of carbonyl (C=O) groups excluding carboxylic acids is 3. The molecule has 3 amide bonds. The van der Waals surface area contributed by atoms with Crippen LogP contribution in [0.3, 0.4) is 0 Å². The van der Waals surface area contributed by atoms with E-state index in [1.807, 2.05) is 69.3 Å². The minimum atomic E-state index is -0.954. The minimum Gasteiger partial charge on any atom is -0.444 e. The molecule has 2 N–H and O–H groups in total. The van der Waals surface area contributed by atoms with Crippen LogP contribution in [0.25, 0.3) is 0 Å². The van der Waals surface area contributed by atoms with Crippen molar-refractivity contribution in [2.45, 2.75) is 72.2 Å². The van der Waals surface area contributed by atoms with Crippen molar-refractivity contribution in [3.8, 4) is 0 Å². The zero-order valence-electron chi connectivity index (χ0n) is 22.1. The maximum atomic E-state index is 13.8. The van der Waals surface area contributed by atoms with Gasteiger partial charge in [-0.05, 0) is 57.7 Å². The molecule has 0 aliphatic rings. The summed E-state index contributed by atoms with van der Waals surface area (Å²) in [6, 6.07) is 13.6. The predicted molar refractivity (Wildman–Crippen MR) is 146 cm³/mol. The van der Waals surface area contributed by atoms with E-state index in [4.69, 9.17) is 4.74 Å². The first-order valence-corrected chi connectivity index (χ1v) is 12.9. The third kappa shape index (κ3) is 8.59. The molecule has 0 saturated carbocycles. The SMILES string of the molecule is CCCN(C(=O)C(CS)NC(=O)OC(C)(C)C)C(C(=O)NCc1ccccc1)c1ccc(C)cc1C. The van der Waals surface area contributed by atoms with Gasteiger partial charge in [0.05, 0.1) is 0 Å². The van der Waals surface area contributed by atoms with E-state index in [2.05, 4.69) is 23.3 Å². The van der Waals surface area contributed by atoms with Crippen LogP contribution >= 0.6 is 12.6 Å². The summed E-state index contributed by atoms with van der Waals surface area (Å²) in [4.78, 5) is 41.4. The smallest absolute Gasteiger partial charge is 0.408 e. The number of hydrogen-bond donors (Lipinski definition) is 3. The highest BCUT2D eigenvalue weighted by Crippen LogP contribution is 2.27. The van der Waals surface area contributed by atoms with Crippen LogP contribution in [-0.2, 0) is 20.9 Å². The molecule has 2 rings (SSSR count). The van der Waals surface area contributed by atoms with Crippen molar-refractivity contribution in [2.24, 2.45) is 0 Å².